The molecule has 1 amide bonds. The van der Waals surface area contributed by atoms with E-state index in [4.69, 9.17) is 34.8 Å². The molecule has 0 aromatic heterocycles. The molecule has 0 saturated heterocycles. The molecular weight excluding hydrogens is 244 g/mol. The Balaban J connectivity index is 2.60. The van der Waals surface area contributed by atoms with Gasteiger partial charge >= 0.3 is 0 Å². The van der Waals surface area contributed by atoms with Gasteiger partial charge in [-0.05, 0) is 12.1 Å². The highest BCUT2D eigenvalue weighted by molar-refractivity contribution is 6.48. The Hall–Kier alpha value is -0.440. The lowest BCUT2D eigenvalue weighted by Crippen LogP contribution is -2.34. The third kappa shape index (κ3) is 3.37. The first-order valence-electron chi connectivity index (χ1n) is 3.89. The Kier molecular flexibility index (Phi) is 4.52. The van der Waals surface area contributed by atoms with Crippen molar-refractivity contribution in [3.05, 3.63) is 35.9 Å². The van der Waals surface area contributed by atoms with Gasteiger partial charge in [0.05, 0.1) is 0 Å². The normalized spacial score (nSPS) is 12.6. The summed E-state index contributed by atoms with van der Waals surface area (Å²) in [6, 6.07) is 8.70. The molecule has 5 heteroatoms. The monoisotopic (exact) mass is 251 g/mol. The predicted octanol–water partition coefficient (Wildman–Crippen LogP) is 2.79. The van der Waals surface area contributed by atoms with E-state index in [0.29, 0.717) is 5.56 Å². The smallest absolute Gasteiger partial charge is 0.252 e. The van der Waals surface area contributed by atoms with E-state index in [1.165, 1.54) is 0 Å². The second kappa shape index (κ2) is 5.44. The quantitative estimate of drug-likeness (QED) is 0.650. The van der Waals surface area contributed by atoms with E-state index < -0.39 is 10.3 Å². The zero-order valence-corrected chi connectivity index (χ0v) is 9.35. The van der Waals surface area contributed by atoms with Gasteiger partial charge in [0.25, 0.3) is 5.91 Å². The molecule has 1 aromatic rings. The fourth-order valence-corrected chi connectivity index (χ4v) is 1.09. The Morgan fingerprint density at radius 1 is 1.14 bits per heavy atom. The SMILES string of the molecule is O=C(NC(Cl)C(Cl)Cl)c1ccccc1. The minimum absolute atomic E-state index is 0.295. The summed E-state index contributed by atoms with van der Waals surface area (Å²) >= 11 is 16.6. The molecule has 0 bridgehead atoms. The number of carbonyl (C=O) groups is 1. The fourth-order valence-electron chi connectivity index (χ4n) is 0.861. The number of hydrogen-bond acceptors (Lipinski definition) is 1. The average Bonchev–Trinajstić information content (AvgIpc) is 2.19. The largest absolute Gasteiger partial charge is 0.333 e. The van der Waals surface area contributed by atoms with Gasteiger partial charge < -0.3 is 5.32 Å². The van der Waals surface area contributed by atoms with Crippen LogP contribution in [0.25, 0.3) is 0 Å². The number of benzene rings is 1. The number of nitrogens with one attached hydrogen (secondary N) is 1. The fraction of sp³-hybridized carbons (Fsp3) is 0.222. The van der Waals surface area contributed by atoms with Crippen LogP contribution in [-0.2, 0) is 0 Å². The summed E-state index contributed by atoms with van der Waals surface area (Å²) in [5.74, 6) is -0.295. The summed E-state index contributed by atoms with van der Waals surface area (Å²) in [6.45, 7) is 0. The van der Waals surface area contributed by atoms with E-state index in [1.807, 2.05) is 6.07 Å². The van der Waals surface area contributed by atoms with Gasteiger partial charge in [0.2, 0.25) is 0 Å². The van der Waals surface area contributed by atoms with Crippen molar-refractivity contribution in [2.75, 3.05) is 0 Å². The van der Waals surface area contributed by atoms with Gasteiger partial charge in [-0.25, -0.2) is 0 Å². The van der Waals surface area contributed by atoms with Crippen molar-refractivity contribution in [1.29, 1.82) is 0 Å². The van der Waals surface area contributed by atoms with E-state index in [-0.39, 0.29) is 5.91 Å². The molecule has 0 aliphatic rings. The Bertz CT molecular complexity index is 302. The van der Waals surface area contributed by atoms with Crippen LogP contribution in [0.1, 0.15) is 10.4 Å². The van der Waals surface area contributed by atoms with E-state index in [1.54, 1.807) is 24.3 Å². The molecule has 14 heavy (non-hydrogen) atoms. The van der Waals surface area contributed by atoms with E-state index in [0.717, 1.165) is 0 Å². The zero-order valence-electron chi connectivity index (χ0n) is 7.08. The number of rotatable bonds is 3. The third-order valence-electron chi connectivity index (χ3n) is 1.53. The molecule has 1 aromatic carbocycles. The molecule has 0 radical (unpaired) electrons. The van der Waals surface area contributed by atoms with E-state index in [9.17, 15) is 4.79 Å². The number of alkyl halides is 3. The average molecular weight is 253 g/mol. The lowest BCUT2D eigenvalue weighted by Gasteiger charge is -2.12. The highest BCUT2D eigenvalue weighted by atomic mass is 35.5. The van der Waals surface area contributed by atoms with Crippen molar-refractivity contribution in [2.24, 2.45) is 0 Å². The van der Waals surface area contributed by atoms with Crippen molar-refractivity contribution >= 4 is 40.7 Å². The molecule has 0 spiro atoms. The van der Waals surface area contributed by atoms with E-state index in [2.05, 4.69) is 5.32 Å². The van der Waals surface area contributed by atoms with Crippen LogP contribution in [0.2, 0.25) is 0 Å². The maximum absolute atomic E-state index is 11.4. The predicted molar refractivity (Wildman–Crippen MR) is 59.0 cm³/mol. The van der Waals surface area contributed by atoms with Crippen LogP contribution >= 0.6 is 34.8 Å². The van der Waals surface area contributed by atoms with Crippen molar-refractivity contribution in [1.82, 2.24) is 5.32 Å². The molecule has 1 rings (SSSR count). The second-order valence-electron chi connectivity index (χ2n) is 2.58. The molecule has 76 valence electrons. The lowest BCUT2D eigenvalue weighted by molar-refractivity contribution is 0.0950. The summed E-state index contributed by atoms with van der Waals surface area (Å²) in [5, 5.41) is 2.46. The van der Waals surface area contributed by atoms with Crippen LogP contribution in [0, 0.1) is 0 Å². The Morgan fingerprint density at radius 3 is 2.21 bits per heavy atom. The van der Waals surface area contributed by atoms with Crippen LogP contribution in [0.3, 0.4) is 0 Å². The molecule has 0 aliphatic carbocycles. The molecule has 1 unspecified atom stereocenters. The van der Waals surface area contributed by atoms with Gasteiger partial charge in [0.1, 0.15) is 10.3 Å². The lowest BCUT2D eigenvalue weighted by atomic mass is 10.2. The van der Waals surface area contributed by atoms with Crippen LogP contribution in [-0.4, -0.2) is 16.2 Å². The van der Waals surface area contributed by atoms with Crippen LogP contribution < -0.4 is 5.32 Å². The summed E-state index contributed by atoms with van der Waals surface area (Å²) in [6.07, 6.45) is 0. The highest BCUT2D eigenvalue weighted by Crippen LogP contribution is 2.12. The number of carbonyl (C=O) groups excluding carboxylic acids is 1. The minimum Gasteiger partial charge on any atom is -0.333 e. The van der Waals surface area contributed by atoms with Crippen molar-refractivity contribution in [3.63, 3.8) is 0 Å². The van der Waals surface area contributed by atoms with Gasteiger partial charge in [-0.3, -0.25) is 4.79 Å². The van der Waals surface area contributed by atoms with Gasteiger partial charge in [-0.1, -0.05) is 29.8 Å². The van der Waals surface area contributed by atoms with Gasteiger partial charge in [0, 0.05) is 5.56 Å². The maximum Gasteiger partial charge on any atom is 0.252 e. The van der Waals surface area contributed by atoms with Crippen LogP contribution in [0.15, 0.2) is 30.3 Å². The third-order valence-corrected chi connectivity index (χ3v) is 2.65. The topological polar surface area (TPSA) is 29.1 Å². The number of amides is 1. The molecule has 0 saturated carbocycles. The summed E-state index contributed by atoms with van der Waals surface area (Å²) < 4.78 is 0. The van der Waals surface area contributed by atoms with Crippen LogP contribution in [0.4, 0.5) is 0 Å². The summed E-state index contributed by atoms with van der Waals surface area (Å²) in [5.41, 5.74) is -0.266. The Labute approximate surface area is 97.1 Å². The van der Waals surface area contributed by atoms with Crippen LogP contribution in [0.5, 0.6) is 0 Å². The van der Waals surface area contributed by atoms with Gasteiger partial charge in [0.15, 0.2) is 0 Å². The summed E-state index contributed by atoms with van der Waals surface area (Å²) in [7, 11) is 0. The number of halogens is 3. The van der Waals surface area contributed by atoms with Crippen molar-refractivity contribution in [2.45, 2.75) is 10.3 Å². The second-order valence-corrected chi connectivity index (χ2v) is 4.21. The first kappa shape index (κ1) is 11.6. The van der Waals surface area contributed by atoms with Crippen molar-refractivity contribution < 1.29 is 4.79 Å². The minimum atomic E-state index is -0.829. The maximum atomic E-state index is 11.4. The molecule has 0 heterocycles. The Morgan fingerprint density at radius 2 is 1.71 bits per heavy atom. The van der Waals surface area contributed by atoms with E-state index >= 15 is 0 Å². The molecule has 2 nitrogen and oxygen atoms in total. The molecular formula is C9H8Cl3NO. The van der Waals surface area contributed by atoms with Gasteiger partial charge in [-0.15, -0.1) is 23.2 Å². The number of hydrogen-bond donors (Lipinski definition) is 1. The molecule has 0 fully saturated rings. The molecule has 1 N–H and O–H groups in total. The van der Waals surface area contributed by atoms with Gasteiger partial charge in [-0.2, -0.15) is 0 Å². The first-order valence-corrected chi connectivity index (χ1v) is 5.20. The highest BCUT2D eigenvalue weighted by Gasteiger charge is 2.16. The zero-order chi connectivity index (χ0) is 10.6. The first-order chi connectivity index (χ1) is 6.61. The van der Waals surface area contributed by atoms with Crippen molar-refractivity contribution in [3.8, 4) is 0 Å². The molecule has 1 atom stereocenters. The summed E-state index contributed by atoms with van der Waals surface area (Å²) in [4.78, 5) is 10.6. The molecule has 0 aliphatic heterocycles. The standard InChI is InChI=1S/C9H8Cl3NO/c10-7(11)8(12)13-9(14)6-4-2-1-3-5-6/h1-5,7-8H,(H,13,14).